The number of hydrogen-bond acceptors (Lipinski definition) is 5. The van der Waals surface area contributed by atoms with Crippen molar-refractivity contribution >= 4 is 11.9 Å². The minimum Gasteiger partial charge on any atom is -0.482 e. The molecule has 0 unspecified atom stereocenters. The van der Waals surface area contributed by atoms with Gasteiger partial charge in [-0.3, -0.25) is 0 Å². The molecule has 30 heavy (non-hydrogen) atoms. The molecule has 0 fully saturated rings. The van der Waals surface area contributed by atoms with Crippen LogP contribution in [0.25, 0.3) is 0 Å². The van der Waals surface area contributed by atoms with Crippen molar-refractivity contribution in [2.45, 2.75) is 20.3 Å². The van der Waals surface area contributed by atoms with E-state index in [1.165, 1.54) is 0 Å². The van der Waals surface area contributed by atoms with Gasteiger partial charge in [0.2, 0.25) is 0 Å². The molecule has 0 saturated heterocycles. The Labute approximate surface area is 176 Å². The van der Waals surface area contributed by atoms with E-state index >= 15 is 0 Å². The first-order valence-electron chi connectivity index (χ1n) is 9.74. The van der Waals surface area contributed by atoms with Gasteiger partial charge in [-0.2, -0.15) is 0 Å². The van der Waals surface area contributed by atoms with Crippen molar-refractivity contribution in [3.05, 3.63) is 95.1 Å². The molecule has 5 heteroatoms. The summed E-state index contributed by atoms with van der Waals surface area (Å²) in [7, 11) is 0. The quantitative estimate of drug-likeness (QED) is 0.403. The summed E-state index contributed by atoms with van der Waals surface area (Å²) >= 11 is 0. The fourth-order valence-electron chi connectivity index (χ4n) is 2.86. The van der Waals surface area contributed by atoms with E-state index in [-0.39, 0.29) is 24.5 Å². The lowest BCUT2D eigenvalue weighted by atomic mass is 10.1. The van der Waals surface area contributed by atoms with E-state index in [1.807, 2.05) is 62.4 Å². The largest absolute Gasteiger partial charge is 0.482 e. The lowest BCUT2D eigenvalue weighted by molar-refractivity contribution is -0.136. The maximum atomic E-state index is 12.5. The Balaban J connectivity index is 1.56. The van der Waals surface area contributed by atoms with E-state index in [4.69, 9.17) is 14.2 Å². The van der Waals surface area contributed by atoms with Crippen LogP contribution in [0, 0.1) is 13.8 Å². The second-order valence-electron chi connectivity index (χ2n) is 6.90. The highest BCUT2D eigenvalue weighted by atomic mass is 16.6. The van der Waals surface area contributed by atoms with Crippen LogP contribution in [0.5, 0.6) is 11.5 Å². The molecule has 0 bridgehead atoms. The summed E-state index contributed by atoms with van der Waals surface area (Å²) in [6.45, 7) is 3.83. The lowest BCUT2D eigenvalue weighted by Crippen LogP contribution is -2.20. The Hall–Kier alpha value is -3.60. The average molecular weight is 404 g/mol. The Morgan fingerprint density at radius 1 is 0.833 bits per heavy atom. The number of ether oxygens (including phenoxy) is 3. The van der Waals surface area contributed by atoms with Crippen molar-refractivity contribution in [2.24, 2.45) is 0 Å². The van der Waals surface area contributed by atoms with Crippen molar-refractivity contribution in [1.82, 2.24) is 0 Å². The van der Waals surface area contributed by atoms with Gasteiger partial charge >= 0.3 is 11.9 Å². The molecule has 0 aromatic heterocycles. The molecule has 0 atom stereocenters. The smallest absolute Gasteiger partial charge is 0.349 e. The normalized spacial score (nSPS) is 10.3. The Morgan fingerprint density at radius 3 is 2.37 bits per heavy atom. The fourth-order valence-corrected chi connectivity index (χ4v) is 2.86. The average Bonchev–Trinajstić information content (AvgIpc) is 2.75. The van der Waals surface area contributed by atoms with E-state index in [0.29, 0.717) is 12.2 Å². The lowest BCUT2D eigenvalue weighted by Gasteiger charge is -2.12. The molecule has 154 valence electrons. The van der Waals surface area contributed by atoms with Gasteiger partial charge in [0.05, 0.1) is 6.61 Å². The van der Waals surface area contributed by atoms with Gasteiger partial charge in [0.25, 0.3) is 0 Å². The van der Waals surface area contributed by atoms with Crippen LogP contribution in [0.1, 0.15) is 27.0 Å². The van der Waals surface area contributed by atoms with Crippen molar-refractivity contribution in [3.8, 4) is 11.5 Å². The molecule has 0 aliphatic heterocycles. The van der Waals surface area contributed by atoms with Crippen LogP contribution >= 0.6 is 0 Å². The Morgan fingerprint density at radius 2 is 1.57 bits per heavy atom. The number of aryl methyl sites for hydroxylation is 2. The first-order chi connectivity index (χ1) is 14.5. The number of hydrogen-bond donors (Lipinski definition) is 0. The second kappa shape index (κ2) is 10.3. The number of rotatable bonds is 8. The zero-order valence-electron chi connectivity index (χ0n) is 17.1. The van der Waals surface area contributed by atoms with Gasteiger partial charge in [-0.25, -0.2) is 9.59 Å². The van der Waals surface area contributed by atoms with E-state index < -0.39 is 11.9 Å². The van der Waals surface area contributed by atoms with Gasteiger partial charge in [-0.1, -0.05) is 54.6 Å². The standard InChI is InChI=1S/C25H24O5/c1-18-12-13-19(2)23(16-18)29-17-24(26)30-22-11-7-6-10-21(22)25(27)28-15-14-20-8-4-3-5-9-20/h3-13,16H,14-15,17H2,1-2H3. The maximum absolute atomic E-state index is 12.5. The summed E-state index contributed by atoms with van der Waals surface area (Å²) in [5, 5.41) is 0. The first-order valence-corrected chi connectivity index (χ1v) is 9.74. The minimum absolute atomic E-state index is 0.150. The predicted molar refractivity (Wildman–Crippen MR) is 114 cm³/mol. The maximum Gasteiger partial charge on any atom is 0.349 e. The summed E-state index contributed by atoms with van der Waals surface area (Å²) in [4.78, 5) is 24.7. The number of para-hydroxylation sites is 1. The van der Waals surface area contributed by atoms with Crippen LogP contribution in [-0.2, 0) is 16.0 Å². The van der Waals surface area contributed by atoms with Crippen molar-refractivity contribution < 1.29 is 23.8 Å². The number of benzene rings is 3. The molecule has 3 rings (SSSR count). The molecule has 0 amide bonds. The summed E-state index contributed by atoms with van der Waals surface area (Å²) in [5.41, 5.74) is 3.24. The monoisotopic (exact) mass is 404 g/mol. The molecule has 0 heterocycles. The van der Waals surface area contributed by atoms with E-state index in [9.17, 15) is 9.59 Å². The fraction of sp³-hybridized carbons (Fsp3) is 0.200. The topological polar surface area (TPSA) is 61.8 Å². The van der Waals surface area contributed by atoms with Gasteiger partial charge in [0.1, 0.15) is 17.1 Å². The van der Waals surface area contributed by atoms with Gasteiger partial charge in [-0.15, -0.1) is 0 Å². The van der Waals surface area contributed by atoms with Gasteiger partial charge in [0.15, 0.2) is 6.61 Å². The van der Waals surface area contributed by atoms with Crippen LogP contribution in [0.3, 0.4) is 0 Å². The molecular weight excluding hydrogens is 380 g/mol. The van der Waals surface area contributed by atoms with Crippen LogP contribution in [-0.4, -0.2) is 25.2 Å². The Bertz CT molecular complexity index is 1010. The SMILES string of the molecule is Cc1ccc(C)c(OCC(=O)Oc2ccccc2C(=O)OCCc2ccccc2)c1. The minimum atomic E-state index is -0.597. The zero-order chi connectivity index (χ0) is 21.3. The van der Waals surface area contributed by atoms with Crippen molar-refractivity contribution in [2.75, 3.05) is 13.2 Å². The van der Waals surface area contributed by atoms with Gasteiger partial charge < -0.3 is 14.2 Å². The molecule has 0 radical (unpaired) electrons. The highest BCUT2D eigenvalue weighted by molar-refractivity contribution is 5.93. The molecule has 3 aromatic carbocycles. The molecule has 0 aliphatic carbocycles. The zero-order valence-corrected chi connectivity index (χ0v) is 17.1. The first kappa shape index (κ1) is 21.1. The van der Waals surface area contributed by atoms with Crippen LogP contribution in [0.4, 0.5) is 0 Å². The van der Waals surface area contributed by atoms with Crippen LogP contribution < -0.4 is 9.47 Å². The van der Waals surface area contributed by atoms with Crippen molar-refractivity contribution in [3.63, 3.8) is 0 Å². The third-order valence-electron chi connectivity index (χ3n) is 4.49. The summed E-state index contributed by atoms with van der Waals surface area (Å²) in [5.74, 6) is -0.359. The Kier molecular flexibility index (Phi) is 7.22. The predicted octanol–water partition coefficient (Wildman–Crippen LogP) is 4.69. The van der Waals surface area contributed by atoms with Gasteiger partial charge in [-0.05, 0) is 48.7 Å². The molecule has 0 saturated carbocycles. The molecule has 5 nitrogen and oxygen atoms in total. The number of esters is 2. The van der Waals surface area contributed by atoms with Crippen LogP contribution in [0.2, 0.25) is 0 Å². The summed E-state index contributed by atoms with van der Waals surface area (Å²) in [6, 6.07) is 22.0. The summed E-state index contributed by atoms with van der Waals surface area (Å²) < 4.78 is 16.3. The van der Waals surface area contributed by atoms with E-state index in [2.05, 4.69) is 0 Å². The molecule has 3 aromatic rings. The van der Waals surface area contributed by atoms with E-state index in [0.717, 1.165) is 16.7 Å². The van der Waals surface area contributed by atoms with Crippen molar-refractivity contribution in [1.29, 1.82) is 0 Å². The molecule has 0 spiro atoms. The highest BCUT2D eigenvalue weighted by Crippen LogP contribution is 2.21. The second-order valence-corrected chi connectivity index (χ2v) is 6.90. The number of carbonyl (C=O) groups excluding carboxylic acids is 2. The number of carbonyl (C=O) groups is 2. The van der Waals surface area contributed by atoms with E-state index in [1.54, 1.807) is 24.3 Å². The third kappa shape index (κ3) is 5.95. The van der Waals surface area contributed by atoms with Gasteiger partial charge in [0, 0.05) is 6.42 Å². The third-order valence-corrected chi connectivity index (χ3v) is 4.49. The molecular formula is C25H24O5. The molecule has 0 N–H and O–H groups in total. The summed E-state index contributed by atoms with van der Waals surface area (Å²) in [6.07, 6.45) is 0.609. The molecule has 0 aliphatic rings. The van der Waals surface area contributed by atoms with Crippen LogP contribution in [0.15, 0.2) is 72.8 Å². The highest BCUT2D eigenvalue weighted by Gasteiger charge is 2.17.